The monoisotopic (exact) mass is 343 g/mol. The zero-order valence-corrected chi connectivity index (χ0v) is 13.8. The Morgan fingerprint density at radius 2 is 1.90 bits per heavy atom. The molecule has 0 radical (unpaired) electrons. The van der Waals surface area contributed by atoms with Gasteiger partial charge in [0.15, 0.2) is 0 Å². The molecular formula is C16H23BrFNO. The number of rotatable bonds is 4. The second-order valence-electron chi connectivity index (χ2n) is 6.20. The predicted octanol–water partition coefficient (Wildman–Crippen LogP) is 3.76. The number of aliphatic hydroxyl groups is 1. The number of halogens is 2. The SMILES string of the molecule is CC(C)(C(O)Cc1cc(F)cc(Br)c1)N1CCCCC1. The Kier molecular flexibility index (Phi) is 5.21. The molecule has 1 aliphatic rings. The Hall–Kier alpha value is -0.450. The van der Waals surface area contributed by atoms with Gasteiger partial charge in [0.25, 0.3) is 0 Å². The van der Waals surface area contributed by atoms with Crippen LogP contribution in [0.25, 0.3) is 0 Å². The summed E-state index contributed by atoms with van der Waals surface area (Å²) in [4.78, 5) is 2.36. The number of aliphatic hydroxyl groups excluding tert-OH is 1. The largest absolute Gasteiger partial charge is 0.391 e. The van der Waals surface area contributed by atoms with Crippen LogP contribution in [0, 0.1) is 5.82 Å². The highest BCUT2D eigenvalue weighted by Gasteiger charge is 2.34. The number of nitrogens with zero attached hydrogens (tertiary/aromatic N) is 1. The minimum Gasteiger partial charge on any atom is -0.391 e. The first kappa shape index (κ1) is 15.9. The summed E-state index contributed by atoms with van der Waals surface area (Å²) >= 11 is 3.30. The molecule has 4 heteroatoms. The van der Waals surface area contributed by atoms with Crippen molar-refractivity contribution in [3.8, 4) is 0 Å². The van der Waals surface area contributed by atoms with E-state index < -0.39 is 6.10 Å². The number of piperidine rings is 1. The normalized spacial score (nSPS) is 19.1. The standard InChI is InChI=1S/C16H23BrFNO/c1-16(2,19-6-4-3-5-7-19)15(20)10-12-8-13(17)11-14(18)9-12/h8-9,11,15,20H,3-7,10H2,1-2H3. The molecule has 1 fully saturated rings. The third-order valence-corrected chi connectivity index (χ3v) is 4.80. The van der Waals surface area contributed by atoms with Gasteiger partial charge in [-0.05, 0) is 63.5 Å². The quantitative estimate of drug-likeness (QED) is 0.899. The van der Waals surface area contributed by atoms with Crippen LogP contribution in [0.4, 0.5) is 4.39 Å². The van der Waals surface area contributed by atoms with Gasteiger partial charge in [-0.1, -0.05) is 22.4 Å². The summed E-state index contributed by atoms with van der Waals surface area (Å²) in [6.07, 6.45) is 3.64. The average molecular weight is 344 g/mol. The molecule has 0 saturated carbocycles. The number of benzene rings is 1. The van der Waals surface area contributed by atoms with Crippen LogP contribution in [-0.2, 0) is 6.42 Å². The first-order valence-corrected chi connectivity index (χ1v) is 8.07. The topological polar surface area (TPSA) is 23.5 Å². The van der Waals surface area contributed by atoms with Crippen molar-refractivity contribution in [2.45, 2.75) is 51.2 Å². The minimum absolute atomic E-state index is 0.266. The lowest BCUT2D eigenvalue weighted by Gasteiger charge is -2.44. The molecule has 1 aliphatic heterocycles. The van der Waals surface area contributed by atoms with Gasteiger partial charge in [-0.3, -0.25) is 4.90 Å². The molecule has 1 heterocycles. The third kappa shape index (κ3) is 3.80. The Labute approximate surface area is 129 Å². The molecule has 2 nitrogen and oxygen atoms in total. The molecule has 1 aromatic carbocycles. The van der Waals surface area contributed by atoms with E-state index in [9.17, 15) is 9.50 Å². The summed E-state index contributed by atoms with van der Waals surface area (Å²) in [5, 5.41) is 10.6. The molecule has 1 atom stereocenters. The van der Waals surface area contributed by atoms with Crippen LogP contribution in [-0.4, -0.2) is 34.7 Å². The number of likely N-dealkylation sites (tertiary alicyclic amines) is 1. The van der Waals surface area contributed by atoms with Crippen LogP contribution in [0.3, 0.4) is 0 Å². The van der Waals surface area contributed by atoms with Gasteiger partial charge in [-0.2, -0.15) is 0 Å². The van der Waals surface area contributed by atoms with Crippen molar-refractivity contribution in [3.05, 3.63) is 34.1 Å². The van der Waals surface area contributed by atoms with E-state index in [4.69, 9.17) is 0 Å². The summed E-state index contributed by atoms with van der Waals surface area (Å²) in [5.74, 6) is -0.266. The zero-order chi connectivity index (χ0) is 14.8. The molecule has 1 N–H and O–H groups in total. The van der Waals surface area contributed by atoms with Crippen LogP contribution >= 0.6 is 15.9 Å². The second-order valence-corrected chi connectivity index (χ2v) is 7.11. The fraction of sp³-hybridized carbons (Fsp3) is 0.625. The summed E-state index contributed by atoms with van der Waals surface area (Å²) in [7, 11) is 0. The lowest BCUT2D eigenvalue weighted by molar-refractivity contribution is -0.0187. The van der Waals surface area contributed by atoms with Gasteiger partial charge in [-0.25, -0.2) is 4.39 Å². The fourth-order valence-corrected chi connectivity index (χ4v) is 3.40. The second kappa shape index (κ2) is 6.54. The van der Waals surface area contributed by atoms with Crippen LogP contribution < -0.4 is 0 Å². The summed E-state index contributed by atoms with van der Waals surface area (Å²) in [6, 6.07) is 4.81. The first-order valence-electron chi connectivity index (χ1n) is 7.27. The van der Waals surface area contributed by atoms with Gasteiger partial charge >= 0.3 is 0 Å². The van der Waals surface area contributed by atoms with Crippen molar-refractivity contribution in [2.75, 3.05) is 13.1 Å². The maximum atomic E-state index is 13.4. The van der Waals surface area contributed by atoms with E-state index in [1.807, 2.05) is 6.07 Å². The Balaban J connectivity index is 2.07. The summed E-state index contributed by atoms with van der Waals surface area (Å²) < 4.78 is 14.1. The van der Waals surface area contributed by atoms with Crippen LogP contribution in [0.5, 0.6) is 0 Å². The third-order valence-electron chi connectivity index (χ3n) is 4.34. The highest BCUT2D eigenvalue weighted by molar-refractivity contribution is 9.10. The predicted molar refractivity (Wildman–Crippen MR) is 83.3 cm³/mol. The van der Waals surface area contributed by atoms with Gasteiger partial charge < -0.3 is 5.11 Å². The molecule has 1 aromatic rings. The van der Waals surface area contributed by atoms with Gasteiger partial charge in [0.05, 0.1) is 6.10 Å². The van der Waals surface area contributed by atoms with Gasteiger partial charge in [0.2, 0.25) is 0 Å². The van der Waals surface area contributed by atoms with Gasteiger partial charge in [-0.15, -0.1) is 0 Å². The molecule has 112 valence electrons. The first-order chi connectivity index (χ1) is 9.39. The minimum atomic E-state index is -0.505. The molecule has 0 bridgehead atoms. The molecule has 0 aromatic heterocycles. The smallest absolute Gasteiger partial charge is 0.124 e. The molecule has 1 saturated heterocycles. The highest BCUT2D eigenvalue weighted by atomic mass is 79.9. The maximum Gasteiger partial charge on any atom is 0.124 e. The van der Waals surface area contributed by atoms with Gasteiger partial charge in [0.1, 0.15) is 5.82 Å². The van der Waals surface area contributed by atoms with Crippen molar-refractivity contribution in [2.24, 2.45) is 0 Å². The van der Waals surface area contributed by atoms with Crippen LogP contribution in [0.15, 0.2) is 22.7 Å². The van der Waals surface area contributed by atoms with E-state index in [2.05, 4.69) is 34.7 Å². The molecule has 0 aliphatic carbocycles. The summed E-state index contributed by atoms with van der Waals surface area (Å²) in [5.41, 5.74) is 0.550. The highest BCUT2D eigenvalue weighted by Crippen LogP contribution is 2.26. The van der Waals surface area contributed by atoms with E-state index in [-0.39, 0.29) is 11.4 Å². The maximum absolute atomic E-state index is 13.4. The van der Waals surface area contributed by atoms with Crippen molar-refractivity contribution >= 4 is 15.9 Å². The average Bonchev–Trinajstić information content (AvgIpc) is 2.38. The molecule has 20 heavy (non-hydrogen) atoms. The fourth-order valence-electron chi connectivity index (χ4n) is 2.88. The summed E-state index contributed by atoms with van der Waals surface area (Å²) in [6.45, 7) is 6.24. The Bertz CT molecular complexity index is 438. The molecule has 0 spiro atoms. The number of hydrogen-bond donors (Lipinski definition) is 1. The van der Waals surface area contributed by atoms with Gasteiger partial charge in [0, 0.05) is 16.4 Å². The van der Waals surface area contributed by atoms with E-state index in [1.54, 1.807) is 0 Å². The van der Waals surface area contributed by atoms with Crippen molar-refractivity contribution in [1.29, 1.82) is 0 Å². The molecule has 1 unspecified atom stereocenters. The molecular weight excluding hydrogens is 321 g/mol. The van der Waals surface area contributed by atoms with Crippen LogP contribution in [0.1, 0.15) is 38.7 Å². The zero-order valence-electron chi connectivity index (χ0n) is 12.2. The van der Waals surface area contributed by atoms with Crippen molar-refractivity contribution < 1.29 is 9.50 Å². The van der Waals surface area contributed by atoms with E-state index >= 15 is 0 Å². The van der Waals surface area contributed by atoms with E-state index in [1.165, 1.54) is 31.4 Å². The Morgan fingerprint density at radius 3 is 2.50 bits per heavy atom. The van der Waals surface area contributed by atoms with E-state index in [0.717, 1.165) is 23.1 Å². The number of hydrogen-bond acceptors (Lipinski definition) is 2. The van der Waals surface area contributed by atoms with Crippen molar-refractivity contribution in [1.82, 2.24) is 4.90 Å². The van der Waals surface area contributed by atoms with Crippen LogP contribution in [0.2, 0.25) is 0 Å². The lowest BCUT2D eigenvalue weighted by Crippen LogP contribution is -2.54. The Morgan fingerprint density at radius 1 is 1.25 bits per heavy atom. The van der Waals surface area contributed by atoms with E-state index in [0.29, 0.717) is 6.42 Å². The molecule has 0 amide bonds. The lowest BCUT2D eigenvalue weighted by atomic mass is 9.88. The van der Waals surface area contributed by atoms with Crippen molar-refractivity contribution in [3.63, 3.8) is 0 Å². The molecule has 2 rings (SSSR count).